The van der Waals surface area contributed by atoms with E-state index in [1.807, 2.05) is 96.9 Å². The summed E-state index contributed by atoms with van der Waals surface area (Å²) >= 11 is 28.3. The molecule has 28 nitrogen and oxygen atoms in total. The van der Waals surface area contributed by atoms with Crippen LogP contribution in [0.3, 0.4) is 0 Å². The van der Waals surface area contributed by atoms with Crippen LogP contribution in [0.2, 0.25) is 21.1 Å². The number of nitrogens with one attached hydrogen (secondary N) is 9. The molecule has 0 aliphatic heterocycles. The highest BCUT2D eigenvalue weighted by atomic mass is 35.5. The summed E-state index contributed by atoms with van der Waals surface area (Å²) in [5.41, 5.74) is 11.0. The quantitative estimate of drug-likeness (QED) is 0.0406. The van der Waals surface area contributed by atoms with Gasteiger partial charge in [-0.25, -0.2) is 24.9 Å². The zero-order valence-electron chi connectivity index (χ0n) is 47.6. The van der Waals surface area contributed by atoms with E-state index in [9.17, 15) is 4.39 Å². The number of rotatable bonds is 16. The maximum atomic E-state index is 13.2. The standard InChI is InChI=1S/C13H12ClN5.C11H11ClN6OS.C11H9FN6.2C10H8ClN5S/c1-19(8-9-2-5-15-6-3-9)12-10-4-7-16-11(10)17-13(14)18-12;1-5(9-13-3-4-20-9)14-7-6-8(17-10(12)16-7)18-11(15-6)19-2;12-11-17-9(8-10(18-11)16-6-15-8)14-5-7-1-3-13-4-2-7;11-10-15-8-7(1-2-13-8)9(16-10)14-4-6-3-12-5-17-6;11-10-15-8-7(1-2-12-8)9(16-10)13-3-6-4-17-5-14-6/h2-7H,8H2,1H3,(H,16,17,18);3-5H,1-2H3,(H2,14,15,16,17,18);1-4,6H,5H2,(H2,14,15,16,17,18);1-3,5H,4H2,(H2,13,14,15,16);1-2,4-5H,3H2,(H2,12,13,15,16). The van der Waals surface area contributed by atoms with Crippen LogP contribution in [-0.2, 0) is 26.2 Å². The van der Waals surface area contributed by atoms with Crippen LogP contribution in [-0.4, -0.2) is 124 Å². The number of aromatic nitrogens is 22. The molecule has 0 aliphatic carbocycles. The number of methoxy groups -OCH3 is 1. The molecule has 0 radical (unpaired) electrons. The van der Waals surface area contributed by atoms with Crippen LogP contribution in [0.4, 0.5) is 33.5 Å². The summed E-state index contributed by atoms with van der Waals surface area (Å²) in [6.45, 7) is 4.55. The molecule has 0 saturated heterocycles. The van der Waals surface area contributed by atoms with Gasteiger partial charge in [0.25, 0.3) is 6.01 Å². The van der Waals surface area contributed by atoms with Crippen molar-refractivity contribution in [3.05, 3.63) is 180 Å². The van der Waals surface area contributed by atoms with Crippen molar-refractivity contribution in [2.45, 2.75) is 39.1 Å². The van der Waals surface area contributed by atoms with Crippen LogP contribution in [0.25, 0.3) is 55.4 Å². The second-order valence-electron chi connectivity index (χ2n) is 18.8. The Hall–Kier alpha value is -9.96. The number of H-pyrrole nitrogens is 5. The number of aromatic amines is 5. The van der Waals surface area contributed by atoms with Crippen LogP contribution in [0, 0.1) is 6.08 Å². The number of hydrogen-bond donors (Lipinski definition) is 9. The third-order valence-corrected chi connectivity index (χ3v) is 15.7. The molecule has 91 heavy (non-hydrogen) atoms. The molecule has 1 atom stereocenters. The van der Waals surface area contributed by atoms with E-state index in [1.165, 1.54) is 13.4 Å². The summed E-state index contributed by atoms with van der Waals surface area (Å²) in [5, 5.41) is 21.2. The van der Waals surface area contributed by atoms with Gasteiger partial charge in [0.1, 0.15) is 50.4 Å². The first kappa shape index (κ1) is 62.6. The highest BCUT2D eigenvalue weighted by molar-refractivity contribution is 7.09. The van der Waals surface area contributed by atoms with Crippen LogP contribution < -0.4 is 30.9 Å². The zero-order valence-corrected chi connectivity index (χ0v) is 53.1. The molecule has 0 fully saturated rings. The van der Waals surface area contributed by atoms with E-state index < -0.39 is 6.08 Å². The zero-order chi connectivity index (χ0) is 63.1. The minimum absolute atomic E-state index is 0.00142. The van der Waals surface area contributed by atoms with E-state index in [-0.39, 0.29) is 27.2 Å². The molecule has 15 aromatic rings. The second kappa shape index (κ2) is 30.0. The van der Waals surface area contributed by atoms with Gasteiger partial charge in [0.05, 0.1) is 65.4 Å². The summed E-state index contributed by atoms with van der Waals surface area (Å²) in [6.07, 6.45) is 16.7. The number of ether oxygens (including phenoxy) is 1. The van der Waals surface area contributed by atoms with E-state index >= 15 is 0 Å². The van der Waals surface area contributed by atoms with Crippen molar-refractivity contribution >= 4 is 165 Å². The molecular formula is C55H48Cl4FN27OS3. The first-order valence-corrected chi connectivity index (χ1v) is 31.1. The first-order chi connectivity index (χ1) is 44.4. The Balaban J connectivity index is 0.000000117. The van der Waals surface area contributed by atoms with Gasteiger partial charge in [-0.1, -0.05) is 0 Å². The maximum absolute atomic E-state index is 13.2. The molecule has 0 aliphatic rings. The minimum atomic E-state index is -0.799. The normalized spacial score (nSPS) is 11.2. The van der Waals surface area contributed by atoms with Gasteiger partial charge in [-0.2, -0.15) is 49.2 Å². The van der Waals surface area contributed by atoms with Crippen molar-refractivity contribution in [1.29, 1.82) is 0 Å². The monoisotopic (exact) mass is 1360 g/mol. The van der Waals surface area contributed by atoms with Gasteiger partial charge in [-0.3, -0.25) is 15.0 Å². The lowest BCUT2D eigenvalue weighted by molar-refractivity contribution is 0.386. The van der Waals surface area contributed by atoms with Gasteiger partial charge in [0.2, 0.25) is 21.1 Å². The van der Waals surface area contributed by atoms with Crippen molar-refractivity contribution < 1.29 is 9.13 Å². The third-order valence-electron chi connectivity index (χ3n) is 12.6. The molecule has 15 rings (SSSR count). The number of halogens is 5. The Morgan fingerprint density at radius 3 is 1.85 bits per heavy atom. The van der Waals surface area contributed by atoms with E-state index in [0.29, 0.717) is 65.4 Å². The second-order valence-corrected chi connectivity index (χ2v) is 22.7. The molecule has 0 aromatic carbocycles. The molecule has 15 heterocycles. The summed E-state index contributed by atoms with van der Waals surface area (Å²) in [6, 6.07) is 13.8. The highest BCUT2D eigenvalue weighted by Gasteiger charge is 2.18. The maximum Gasteiger partial charge on any atom is 0.312 e. The van der Waals surface area contributed by atoms with Crippen LogP contribution in [0.5, 0.6) is 6.01 Å². The topological polar surface area (TPSA) is 359 Å². The molecule has 9 N–H and O–H groups in total. The predicted molar refractivity (Wildman–Crippen MR) is 353 cm³/mol. The van der Waals surface area contributed by atoms with E-state index in [4.69, 9.17) is 51.1 Å². The third kappa shape index (κ3) is 16.5. The molecule has 0 spiro atoms. The summed E-state index contributed by atoms with van der Waals surface area (Å²) < 4.78 is 18.2. The smallest absolute Gasteiger partial charge is 0.312 e. The van der Waals surface area contributed by atoms with E-state index in [2.05, 4.69) is 131 Å². The summed E-state index contributed by atoms with van der Waals surface area (Å²) in [7, 11) is 3.50. The predicted octanol–water partition coefficient (Wildman–Crippen LogP) is 12.1. The SMILES string of the molecule is CN(Cc1ccncc1)c1nc(Cl)nc2[nH]ccc12.COc1nc2nc(Cl)nc(NC(C)c3nccs3)c2[nH]1.Clc1nc(NCc2cncs2)c2cc[nH]c2n1.Clc1nc(NCc2cscn2)c2cc[nH]c2n1.Fc1nc(NCc2ccncc2)c2[nH]cnc2n1. The Morgan fingerprint density at radius 1 is 0.582 bits per heavy atom. The van der Waals surface area contributed by atoms with E-state index in [1.54, 1.807) is 76.0 Å². The fraction of sp³-hybridized carbons (Fsp3) is 0.145. The first-order valence-electron chi connectivity index (χ1n) is 26.9. The molecule has 462 valence electrons. The Morgan fingerprint density at radius 2 is 1.21 bits per heavy atom. The molecule has 15 aromatic heterocycles. The van der Waals surface area contributed by atoms with Gasteiger partial charge in [-0.05, 0) is 107 Å². The van der Waals surface area contributed by atoms with E-state index in [0.717, 1.165) is 78.0 Å². The van der Waals surface area contributed by atoms with Crippen molar-refractivity contribution in [3.8, 4) is 6.01 Å². The fourth-order valence-electron chi connectivity index (χ4n) is 8.51. The van der Waals surface area contributed by atoms with Gasteiger partial charge < -0.3 is 55.8 Å². The van der Waals surface area contributed by atoms with Crippen molar-refractivity contribution in [2.24, 2.45) is 0 Å². The molecule has 0 bridgehead atoms. The average molecular weight is 1360 g/mol. The van der Waals surface area contributed by atoms with Crippen molar-refractivity contribution in [3.63, 3.8) is 0 Å². The number of nitrogens with zero attached hydrogens (tertiary/aromatic N) is 18. The molecule has 0 saturated carbocycles. The van der Waals surface area contributed by atoms with Crippen molar-refractivity contribution in [1.82, 2.24) is 110 Å². The van der Waals surface area contributed by atoms with Gasteiger partial charge in [0, 0.05) is 91.5 Å². The number of imidazole rings is 2. The largest absolute Gasteiger partial charge is 0.468 e. The molecule has 36 heteroatoms. The number of hydrogen-bond acceptors (Lipinski definition) is 26. The fourth-order valence-corrected chi connectivity index (χ4v) is 10.9. The minimum Gasteiger partial charge on any atom is -0.468 e. The number of fused-ring (bicyclic) bond motifs is 5. The lowest BCUT2D eigenvalue weighted by Gasteiger charge is -2.19. The number of pyridine rings is 2. The molecular weight excluding hydrogens is 1310 g/mol. The number of anilines is 5. The average Bonchev–Trinajstić information content (AvgIpc) is 2.49. The van der Waals surface area contributed by atoms with Gasteiger partial charge >= 0.3 is 6.08 Å². The Labute approximate surface area is 545 Å². The van der Waals surface area contributed by atoms with Crippen LogP contribution in [0.15, 0.2) is 126 Å². The molecule has 1 unspecified atom stereocenters. The molecule has 0 amide bonds. The van der Waals surface area contributed by atoms with Gasteiger partial charge in [0.15, 0.2) is 22.9 Å². The van der Waals surface area contributed by atoms with Crippen LogP contribution >= 0.6 is 80.4 Å². The summed E-state index contributed by atoms with van der Waals surface area (Å²) in [4.78, 5) is 87.1. The summed E-state index contributed by atoms with van der Waals surface area (Å²) in [5.74, 6) is 3.22. The van der Waals surface area contributed by atoms with Crippen LogP contribution in [0.1, 0.15) is 39.7 Å². The lowest BCUT2D eigenvalue weighted by atomic mass is 10.2. The Kier molecular flexibility index (Phi) is 20.7. The van der Waals surface area contributed by atoms with Gasteiger partial charge in [-0.15, -0.1) is 34.0 Å². The van der Waals surface area contributed by atoms with Crippen molar-refractivity contribution in [2.75, 3.05) is 40.3 Å². The number of thiazole rings is 3. The Bertz CT molecular complexity index is 4640. The highest BCUT2D eigenvalue weighted by Crippen LogP contribution is 2.29. The lowest BCUT2D eigenvalue weighted by Crippen LogP contribution is -2.18.